The lowest BCUT2D eigenvalue weighted by Crippen LogP contribution is -2.13. The van der Waals surface area contributed by atoms with Crippen LogP contribution in [0.25, 0.3) is 33.2 Å². The van der Waals surface area contributed by atoms with Crippen LogP contribution in [0.15, 0.2) is 57.9 Å². The number of hydrogen-bond acceptors (Lipinski definition) is 6. The maximum atomic E-state index is 12.7. The first-order chi connectivity index (χ1) is 13.3. The van der Waals surface area contributed by atoms with E-state index >= 15 is 0 Å². The quantitative estimate of drug-likeness (QED) is 0.313. The van der Waals surface area contributed by atoms with Crippen molar-refractivity contribution in [1.29, 1.82) is 0 Å². The molecule has 4 rings (SSSR count). The van der Waals surface area contributed by atoms with Gasteiger partial charge in [-0.25, -0.2) is 0 Å². The fourth-order valence-corrected chi connectivity index (χ4v) is 3.96. The summed E-state index contributed by atoms with van der Waals surface area (Å²) >= 11 is 1.91. The molecule has 0 aliphatic heterocycles. The number of hydrogen-bond donors (Lipinski definition) is 2. The van der Waals surface area contributed by atoms with Gasteiger partial charge in [0.25, 0.3) is 0 Å². The number of benzene rings is 2. The number of nitrogens with one attached hydrogen (secondary N) is 1. The van der Waals surface area contributed by atoms with E-state index in [1.165, 1.54) is 6.20 Å². The molecule has 4 aromatic rings. The summed E-state index contributed by atoms with van der Waals surface area (Å²) in [5.74, 6) is 0.328. The molecule has 0 radical (unpaired) electrons. The van der Waals surface area contributed by atoms with Crippen LogP contribution in [-0.2, 0) is 10.3 Å². The fourth-order valence-electron chi connectivity index (χ4n) is 2.66. The zero-order valence-electron chi connectivity index (χ0n) is 14.9. The molecule has 0 amide bonds. The lowest BCUT2D eigenvalue weighted by atomic mass is 10.1. The minimum Gasteiger partial charge on any atom is -0.452 e. The van der Waals surface area contributed by atoms with Gasteiger partial charge in [0.1, 0.15) is 9.09 Å². The lowest BCUT2D eigenvalue weighted by molar-refractivity contribution is 0.467. The van der Waals surface area contributed by atoms with Crippen LogP contribution in [0, 0.1) is 3.57 Å². The van der Waals surface area contributed by atoms with Gasteiger partial charge in [0, 0.05) is 10.9 Å². The molecule has 10 heteroatoms. The van der Waals surface area contributed by atoms with Crippen molar-refractivity contribution < 1.29 is 17.4 Å². The Labute approximate surface area is 174 Å². The maximum absolute atomic E-state index is 12.7. The van der Waals surface area contributed by atoms with Crippen LogP contribution in [0.5, 0.6) is 0 Å². The molecule has 2 heterocycles. The Bertz CT molecular complexity index is 1310. The molecule has 8 nitrogen and oxygen atoms in total. The summed E-state index contributed by atoms with van der Waals surface area (Å²) in [5.41, 5.74) is 0.467. The van der Waals surface area contributed by atoms with E-state index in [1.807, 2.05) is 42.8 Å². The van der Waals surface area contributed by atoms with Gasteiger partial charge in [0.15, 0.2) is 11.3 Å². The number of fused-ring (bicyclic) bond motifs is 3. The van der Waals surface area contributed by atoms with E-state index in [9.17, 15) is 17.8 Å². The van der Waals surface area contributed by atoms with Gasteiger partial charge >= 0.3 is 10.3 Å². The number of aromatic nitrogens is 2. The summed E-state index contributed by atoms with van der Waals surface area (Å²) in [5, 5.41) is 7.07. The standard InChI is InChI=1S/C16H9IN2O5S.C2H7N/c17-12-14(20)11-7-6-10-8-18-19(25(21,22)23)13(10)16(11)24-15(12)9-4-2-1-3-5-9;1-3-2/h1-8H,(H,21,22,23);3H,1-2H3. The van der Waals surface area contributed by atoms with Gasteiger partial charge in [-0.2, -0.15) is 13.5 Å². The summed E-state index contributed by atoms with van der Waals surface area (Å²) in [6, 6.07) is 12.1. The summed E-state index contributed by atoms with van der Waals surface area (Å²) in [7, 11) is -0.886. The predicted molar refractivity (Wildman–Crippen MR) is 116 cm³/mol. The molecule has 2 aromatic heterocycles. The fraction of sp³-hybridized carbons (Fsp3) is 0.111. The summed E-state index contributed by atoms with van der Waals surface area (Å²) < 4.78 is 39.3. The van der Waals surface area contributed by atoms with E-state index in [-0.39, 0.29) is 21.9 Å². The lowest BCUT2D eigenvalue weighted by Gasteiger charge is -2.08. The van der Waals surface area contributed by atoms with Gasteiger partial charge in [-0.15, -0.1) is 4.09 Å². The van der Waals surface area contributed by atoms with E-state index in [4.69, 9.17) is 4.42 Å². The van der Waals surface area contributed by atoms with Gasteiger partial charge in [-0.3, -0.25) is 9.35 Å². The molecular formula is C18H16IN3O5S. The van der Waals surface area contributed by atoms with Crippen LogP contribution in [0.3, 0.4) is 0 Å². The molecule has 28 heavy (non-hydrogen) atoms. The van der Waals surface area contributed by atoms with Crippen molar-refractivity contribution in [2.45, 2.75) is 0 Å². The number of halogens is 1. The largest absolute Gasteiger partial charge is 0.452 e. The Morgan fingerprint density at radius 2 is 1.79 bits per heavy atom. The molecule has 0 bridgehead atoms. The Morgan fingerprint density at radius 1 is 1.14 bits per heavy atom. The molecule has 0 aliphatic carbocycles. The predicted octanol–water partition coefficient (Wildman–Crippen LogP) is 2.90. The van der Waals surface area contributed by atoms with Crippen LogP contribution in [-0.4, -0.2) is 36.3 Å². The van der Waals surface area contributed by atoms with Crippen molar-refractivity contribution in [3.63, 3.8) is 0 Å². The van der Waals surface area contributed by atoms with Crippen LogP contribution < -0.4 is 10.7 Å². The van der Waals surface area contributed by atoms with Gasteiger partial charge in [-0.05, 0) is 42.8 Å². The average Bonchev–Trinajstić information content (AvgIpc) is 3.11. The second-order valence-electron chi connectivity index (χ2n) is 5.79. The molecule has 0 unspecified atom stereocenters. The highest BCUT2D eigenvalue weighted by Crippen LogP contribution is 2.31. The zero-order valence-corrected chi connectivity index (χ0v) is 17.9. The highest BCUT2D eigenvalue weighted by molar-refractivity contribution is 14.1. The molecule has 0 saturated heterocycles. The first kappa shape index (κ1) is 20.5. The second-order valence-corrected chi connectivity index (χ2v) is 8.11. The van der Waals surface area contributed by atoms with E-state index in [2.05, 4.69) is 10.4 Å². The molecule has 2 N–H and O–H groups in total. The monoisotopic (exact) mass is 513 g/mol. The summed E-state index contributed by atoms with van der Waals surface area (Å²) in [6.45, 7) is 0. The van der Waals surface area contributed by atoms with Crippen molar-refractivity contribution in [1.82, 2.24) is 14.5 Å². The maximum Gasteiger partial charge on any atom is 0.379 e. The Kier molecular flexibility index (Phi) is 5.84. The third-order valence-electron chi connectivity index (χ3n) is 3.76. The molecule has 0 aliphatic rings. The summed E-state index contributed by atoms with van der Waals surface area (Å²) in [4.78, 5) is 12.7. The zero-order chi connectivity index (χ0) is 20.5. The van der Waals surface area contributed by atoms with E-state index in [1.54, 1.807) is 36.4 Å². The minimum absolute atomic E-state index is 0.0191. The smallest absolute Gasteiger partial charge is 0.379 e. The van der Waals surface area contributed by atoms with Crippen molar-refractivity contribution in [2.24, 2.45) is 0 Å². The Morgan fingerprint density at radius 3 is 2.39 bits per heavy atom. The van der Waals surface area contributed by atoms with Crippen molar-refractivity contribution in [3.05, 3.63) is 62.5 Å². The van der Waals surface area contributed by atoms with Crippen LogP contribution in [0.1, 0.15) is 0 Å². The topological polar surface area (TPSA) is 114 Å². The Hall–Kier alpha value is -2.28. The molecular weight excluding hydrogens is 497 g/mol. The third kappa shape index (κ3) is 3.68. The van der Waals surface area contributed by atoms with Gasteiger partial charge in [-0.1, -0.05) is 36.4 Å². The third-order valence-corrected chi connectivity index (χ3v) is 5.45. The van der Waals surface area contributed by atoms with Crippen LogP contribution in [0.2, 0.25) is 0 Å². The average molecular weight is 513 g/mol. The van der Waals surface area contributed by atoms with Gasteiger partial charge in [0.05, 0.1) is 11.6 Å². The van der Waals surface area contributed by atoms with E-state index < -0.39 is 10.3 Å². The molecule has 0 fully saturated rings. The van der Waals surface area contributed by atoms with Crippen molar-refractivity contribution in [2.75, 3.05) is 14.1 Å². The van der Waals surface area contributed by atoms with E-state index in [0.29, 0.717) is 24.4 Å². The number of rotatable bonds is 2. The Balaban J connectivity index is 0.000000706. The minimum atomic E-state index is -4.64. The molecule has 0 spiro atoms. The van der Waals surface area contributed by atoms with Gasteiger partial charge in [0.2, 0.25) is 5.43 Å². The van der Waals surface area contributed by atoms with Crippen molar-refractivity contribution >= 4 is 54.8 Å². The molecule has 0 saturated carbocycles. The number of nitrogens with zero attached hydrogens (tertiary/aromatic N) is 2. The molecule has 2 aromatic carbocycles. The molecule has 0 atom stereocenters. The first-order valence-corrected chi connectivity index (χ1v) is 10.5. The van der Waals surface area contributed by atoms with Crippen LogP contribution >= 0.6 is 22.6 Å². The summed E-state index contributed by atoms with van der Waals surface area (Å²) in [6.07, 6.45) is 1.28. The highest BCUT2D eigenvalue weighted by Gasteiger charge is 2.21. The van der Waals surface area contributed by atoms with E-state index in [0.717, 1.165) is 0 Å². The molecule has 146 valence electrons. The first-order valence-electron chi connectivity index (χ1n) is 8.04. The normalized spacial score (nSPS) is 11.4. The second kappa shape index (κ2) is 7.99. The van der Waals surface area contributed by atoms with Crippen molar-refractivity contribution in [3.8, 4) is 11.3 Å². The SMILES string of the molecule is CNC.O=c1c(I)c(-c2ccccc2)oc2c1ccc1cnn(S(=O)(=O)O)c12. The van der Waals surface area contributed by atoms with Gasteiger partial charge < -0.3 is 9.73 Å². The van der Waals surface area contributed by atoms with Crippen LogP contribution in [0.4, 0.5) is 0 Å². The highest BCUT2D eigenvalue weighted by atomic mass is 127.